The maximum atomic E-state index is 8.62. The van der Waals surface area contributed by atoms with E-state index in [1.165, 1.54) is 0 Å². The first kappa shape index (κ1) is 11.4. The maximum Gasteiger partial charge on any atom is 0.139 e. The van der Waals surface area contributed by atoms with Gasteiger partial charge in [-0.2, -0.15) is 10.5 Å². The maximum absolute atomic E-state index is 8.62. The highest BCUT2D eigenvalue weighted by molar-refractivity contribution is 6.55. The highest BCUT2D eigenvalue weighted by atomic mass is 35.5. The largest absolute Gasteiger partial charge is 0.192 e. The van der Waals surface area contributed by atoms with Crippen molar-refractivity contribution in [2.75, 3.05) is 0 Å². The fourth-order valence-electron chi connectivity index (χ4n) is 0.865. The van der Waals surface area contributed by atoms with Gasteiger partial charge in [-0.3, -0.25) is 0 Å². The van der Waals surface area contributed by atoms with Gasteiger partial charge in [-0.25, -0.2) is 0 Å². The van der Waals surface area contributed by atoms with Gasteiger partial charge in [0.25, 0.3) is 0 Å². The molecule has 0 spiro atoms. The molecule has 1 aliphatic carbocycles. The normalized spacial score (nSPS) is 15.7. The van der Waals surface area contributed by atoms with E-state index in [1.807, 2.05) is 0 Å². The summed E-state index contributed by atoms with van der Waals surface area (Å²) in [7, 11) is 0. The number of halogens is 4. The molecule has 0 unspecified atom stereocenters. The zero-order valence-corrected chi connectivity index (χ0v) is 9.43. The molecule has 1 aliphatic rings. The Kier molecular flexibility index (Phi) is 3.48. The number of nitrogens with zero attached hydrogens (tertiary/aromatic N) is 2. The predicted octanol–water partition coefficient (Wildman–Crippen LogP) is 3.72. The minimum atomic E-state index is -0.214. The van der Waals surface area contributed by atoms with Crippen molar-refractivity contribution in [3.8, 4) is 12.1 Å². The van der Waals surface area contributed by atoms with Crippen LogP contribution in [0.1, 0.15) is 0 Å². The number of allylic oxidation sites excluding steroid dienone is 6. The summed E-state index contributed by atoms with van der Waals surface area (Å²) in [4.78, 5) is 0. The van der Waals surface area contributed by atoms with Crippen LogP contribution in [0.5, 0.6) is 0 Å². The molecule has 0 aromatic heterocycles. The van der Waals surface area contributed by atoms with E-state index in [4.69, 9.17) is 56.9 Å². The molecule has 70 valence electrons. The Hall–Kier alpha value is -0.640. The van der Waals surface area contributed by atoms with Crippen LogP contribution < -0.4 is 0 Å². The minimum Gasteiger partial charge on any atom is -0.192 e. The van der Waals surface area contributed by atoms with Gasteiger partial charge < -0.3 is 0 Å². The van der Waals surface area contributed by atoms with Crippen LogP contribution in [-0.2, 0) is 0 Å². The molecule has 0 atom stereocenters. The highest BCUT2D eigenvalue weighted by Crippen LogP contribution is 2.45. The van der Waals surface area contributed by atoms with Gasteiger partial charge in [0.15, 0.2) is 0 Å². The molecule has 1 rings (SSSR count). The Labute approximate surface area is 100 Å². The summed E-state index contributed by atoms with van der Waals surface area (Å²) >= 11 is 22.9. The second-order valence-corrected chi connectivity index (χ2v) is 3.74. The molecule has 0 bridgehead atoms. The van der Waals surface area contributed by atoms with Crippen molar-refractivity contribution < 1.29 is 0 Å². The van der Waals surface area contributed by atoms with E-state index in [-0.39, 0.29) is 31.3 Å². The molecule has 2 nitrogen and oxygen atoms in total. The van der Waals surface area contributed by atoms with E-state index < -0.39 is 0 Å². The van der Waals surface area contributed by atoms with Crippen molar-refractivity contribution in [3.05, 3.63) is 31.3 Å². The van der Waals surface area contributed by atoms with Gasteiger partial charge in [-0.15, -0.1) is 0 Å². The van der Waals surface area contributed by atoms with Crippen LogP contribution in [0, 0.1) is 22.7 Å². The molecule has 6 heteroatoms. The van der Waals surface area contributed by atoms with E-state index >= 15 is 0 Å². The molecule has 0 radical (unpaired) electrons. The molecule has 0 aliphatic heterocycles. The van der Waals surface area contributed by atoms with Gasteiger partial charge in [-0.1, -0.05) is 46.4 Å². The third kappa shape index (κ3) is 1.63. The minimum absolute atomic E-state index is 0.0276. The van der Waals surface area contributed by atoms with Gasteiger partial charge in [0.1, 0.15) is 17.7 Å². The number of hydrogen-bond donors (Lipinski definition) is 0. The number of hydrogen-bond acceptors (Lipinski definition) is 2. The second-order valence-electron chi connectivity index (χ2n) is 2.23. The summed E-state index contributed by atoms with van der Waals surface area (Å²) in [6, 6.07) is 3.32. The monoisotopic (exact) mass is 264 g/mol. The average Bonchev–Trinajstić information content (AvgIpc) is 2.37. The van der Waals surface area contributed by atoms with Crippen LogP contribution in [-0.4, -0.2) is 0 Å². The molecule has 0 heterocycles. The molecule has 0 N–H and O–H groups in total. The summed E-state index contributed by atoms with van der Waals surface area (Å²) in [5.74, 6) is 0. The molecule has 14 heavy (non-hydrogen) atoms. The SMILES string of the molecule is N#CC(C#N)=C1C(Cl)=C(Cl)C(Cl)=C1Cl. The summed E-state index contributed by atoms with van der Waals surface area (Å²) in [6.07, 6.45) is 0. The number of nitriles is 2. The standard InChI is InChI=1S/C8Cl4N2/c9-5-4(3(1-13)2-14)6(10)8(12)7(5)11. The molecule has 0 aromatic rings. The van der Waals surface area contributed by atoms with Crippen molar-refractivity contribution in [1.82, 2.24) is 0 Å². The Bertz CT molecular complexity index is 429. The van der Waals surface area contributed by atoms with Crippen LogP contribution >= 0.6 is 46.4 Å². The van der Waals surface area contributed by atoms with Crippen molar-refractivity contribution in [3.63, 3.8) is 0 Å². The Morgan fingerprint density at radius 1 is 0.786 bits per heavy atom. The van der Waals surface area contributed by atoms with E-state index in [2.05, 4.69) is 0 Å². The van der Waals surface area contributed by atoms with Gasteiger partial charge in [0.05, 0.1) is 20.1 Å². The van der Waals surface area contributed by atoms with Gasteiger partial charge in [0.2, 0.25) is 0 Å². The zero-order valence-electron chi connectivity index (χ0n) is 6.41. The van der Waals surface area contributed by atoms with Crippen molar-refractivity contribution in [2.24, 2.45) is 0 Å². The van der Waals surface area contributed by atoms with Gasteiger partial charge >= 0.3 is 0 Å². The topological polar surface area (TPSA) is 47.6 Å². The lowest BCUT2D eigenvalue weighted by molar-refractivity contribution is 1.43. The Balaban J connectivity index is 3.54. The third-order valence-electron chi connectivity index (χ3n) is 1.49. The lowest BCUT2D eigenvalue weighted by atomic mass is 10.1. The predicted molar refractivity (Wildman–Crippen MR) is 55.7 cm³/mol. The first-order chi connectivity index (χ1) is 6.54. The first-order valence-electron chi connectivity index (χ1n) is 3.20. The van der Waals surface area contributed by atoms with E-state index in [0.717, 1.165) is 0 Å². The van der Waals surface area contributed by atoms with Crippen molar-refractivity contribution >= 4 is 46.4 Å². The van der Waals surface area contributed by atoms with E-state index in [0.29, 0.717) is 0 Å². The van der Waals surface area contributed by atoms with Crippen molar-refractivity contribution in [2.45, 2.75) is 0 Å². The van der Waals surface area contributed by atoms with E-state index in [1.54, 1.807) is 12.1 Å². The summed E-state index contributed by atoms with van der Waals surface area (Å²) in [5.41, 5.74) is -0.123. The van der Waals surface area contributed by atoms with Gasteiger partial charge in [-0.05, 0) is 0 Å². The number of rotatable bonds is 0. The lowest BCUT2D eigenvalue weighted by Gasteiger charge is -1.96. The fourth-order valence-corrected chi connectivity index (χ4v) is 1.95. The molecule has 0 fully saturated rings. The van der Waals surface area contributed by atoms with Crippen LogP contribution in [0.2, 0.25) is 0 Å². The summed E-state index contributed by atoms with van der Waals surface area (Å²) < 4.78 is 0. The second kappa shape index (κ2) is 4.26. The van der Waals surface area contributed by atoms with Crippen LogP contribution in [0.4, 0.5) is 0 Å². The quantitative estimate of drug-likeness (QED) is 0.627. The molecule has 0 amide bonds. The van der Waals surface area contributed by atoms with Crippen molar-refractivity contribution in [1.29, 1.82) is 10.5 Å². The summed E-state index contributed by atoms with van der Waals surface area (Å²) in [6.45, 7) is 0. The molecule has 0 aromatic carbocycles. The molecular formula is C8Cl4N2. The fraction of sp³-hybridized carbons (Fsp3) is 0. The Morgan fingerprint density at radius 2 is 1.14 bits per heavy atom. The zero-order chi connectivity index (χ0) is 10.9. The third-order valence-corrected chi connectivity index (χ3v) is 3.29. The molecule has 0 saturated heterocycles. The summed E-state index contributed by atoms with van der Waals surface area (Å²) in [5, 5.41) is 17.4. The lowest BCUT2D eigenvalue weighted by Crippen LogP contribution is -1.85. The van der Waals surface area contributed by atoms with Crippen LogP contribution in [0.15, 0.2) is 31.3 Å². The van der Waals surface area contributed by atoms with Crippen LogP contribution in [0.25, 0.3) is 0 Å². The average molecular weight is 266 g/mol. The highest BCUT2D eigenvalue weighted by Gasteiger charge is 2.28. The first-order valence-corrected chi connectivity index (χ1v) is 4.72. The smallest absolute Gasteiger partial charge is 0.139 e. The molecular weight excluding hydrogens is 266 g/mol. The van der Waals surface area contributed by atoms with E-state index in [9.17, 15) is 0 Å². The van der Waals surface area contributed by atoms with Crippen LogP contribution in [0.3, 0.4) is 0 Å². The Morgan fingerprint density at radius 3 is 1.43 bits per heavy atom. The van der Waals surface area contributed by atoms with Gasteiger partial charge in [0, 0.05) is 5.57 Å². The molecule has 0 saturated carbocycles.